The minimum atomic E-state index is 0.134. The first-order chi connectivity index (χ1) is 7.81. The van der Waals surface area contributed by atoms with Crippen LogP contribution in [0.3, 0.4) is 0 Å². The number of likely N-dealkylation sites (N-methyl/N-ethyl adjacent to an activating group) is 1. The van der Waals surface area contributed by atoms with E-state index in [1.54, 1.807) is 12.5 Å². The predicted octanol–water partition coefficient (Wildman–Crippen LogP) is 1.20. The molecule has 84 valence electrons. The van der Waals surface area contributed by atoms with Crippen molar-refractivity contribution in [2.75, 3.05) is 19.6 Å². The van der Waals surface area contributed by atoms with Crippen molar-refractivity contribution in [3.8, 4) is 0 Å². The van der Waals surface area contributed by atoms with E-state index < -0.39 is 0 Å². The molecule has 2 bridgehead atoms. The number of carbonyl (C=O) groups is 1. The molecule has 2 aliphatic heterocycles. The molecular weight excluding hydrogens is 206 g/mol. The zero-order chi connectivity index (χ0) is 11.1. The quantitative estimate of drug-likeness (QED) is 0.751. The van der Waals surface area contributed by atoms with Gasteiger partial charge in [-0.05, 0) is 12.5 Å². The highest BCUT2D eigenvalue weighted by molar-refractivity contribution is 5.85. The zero-order valence-corrected chi connectivity index (χ0v) is 9.09. The summed E-state index contributed by atoms with van der Waals surface area (Å²) in [4.78, 5) is 15.7. The molecular formula is C11H13N3O2. The van der Waals surface area contributed by atoms with E-state index in [0.717, 1.165) is 24.2 Å². The molecule has 3 heterocycles. The first kappa shape index (κ1) is 9.45. The topological polar surface area (TPSA) is 49.6 Å². The van der Waals surface area contributed by atoms with Crippen molar-refractivity contribution in [3.63, 3.8) is 0 Å². The third-order valence-corrected chi connectivity index (χ3v) is 3.28. The summed E-state index contributed by atoms with van der Waals surface area (Å²) in [5, 5.41) is 3.72. The van der Waals surface area contributed by atoms with E-state index in [1.807, 2.05) is 16.7 Å². The summed E-state index contributed by atoms with van der Waals surface area (Å²) in [6, 6.07) is 0.292. The molecule has 0 aliphatic carbocycles. The number of hydrogen-bond donors (Lipinski definition) is 0. The van der Waals surface area contributed by atoms with Crippen LogP contribution in [-0.2, 0) is 0 Å². The smallest absolute Gasteiger partial charge is 0.320 e. The molecule has 0 saturated carbocycles. The van der Waals surface area contributed by atoms with Crippen molar-refractivity contribution in [3.05, 3.63) is 24.1 Å². The number of rotatable bonds is 2. The summed E-state index contributed by atoms with van der Waals surface area (Å²) >= 11 is 0. The van der Waals surface area contributed by atoms with Crippen LogP contribution in [0, 0.1) is 0 Å². The SMILES string of the molecule is CCN1C(=O)N2CC=C(c3cnoc3)C1C2. The second kappa shape index (κ2) is 3.37. The maximum Gasteiger partial charge on any atom is 0.320 e. The summed E-state index contributed by atoms with van der Waals surface area (Å²) in [6.45, 7) is 4.21. The van der Waals surface area contributed by atoms with Gasteiger partial charge in [-0.2, -0.15) is 0 Å². The monoisotopic (exact) mass is 219 g/mol. The second-order valence-corrected chi connectivity index (χ2v) is 4.06. The maximum atomic E-state index is 11.9. The van der Waals surface area contributed by atoms with E-state index >= 15 is 0 Å². The highest BCUT2D eigenvalue weighted by Crippen LogP contribution is 2.31. The summed E-state index contributed by atoms with van der Waals surface area (Å²) in [7, 11) is 0. The average Bonchev–Trinajstić information content (AvgIpc) is 2.89. The lowest BCUT2D eigenvalue weighted by molar-refractivity contribution is 0.196. The van der Waals surface area contributed by atoms with Gasteiger partial charge in [-0.15, -0.1) is 0 Å². The van der Waals surface area contributed by atoms with E-state index in [1.165, 1.54) is 0 Å². The molecule has 5 nitrogen and oxygen atoms in total. The first-order valence-electron chi connectivity index (χ1n) is 5.46. The lowest BCUT2D eigenvalue weighted by Gasteiger charge is -2.23. The number of nitrogens with zero attached hydrogens (tertiary/aromatic N) is 3. The molecule has 5 heteroatoms. The Morgan fingerprint density at radius 2 is 2.50 bits per heavy atom. The molecule has 1 aromatic rings. The maximum absolute atomic E-state index is 11.9. The van der Waals surface area contributed by atoms with Gasteiger partial charge in [-0.1, -0.05) is 11.2 Å². The van der Waals surface area contributed by atoms with Crippen LogP contribution in [0.2, 0.25) is 0 Å². The molecule has 1 aromatic heterocycles. The van der Waals surface area contributed by atoms with Gasteiger partial charge >= 0.3 is 6.03 Å². The van der Waals surface area contributed by atoms with E-state index in [4.69, 9.17) is 4.52 Å². The van der Waals surface area contributed by atoms with E-state index in [9.17, 15) is 4.79 Å². The Morgan fingerprint density at radius 3 is 3.19 bits per heavy atom. The van der Waals surface area contributed by atoms with Crippen molar-refractivity contribution in [2.24, 2.45) is 0 Å². The van der Waals surface area contributed by atoms with Gasteiger partial charge in [0.05, 0.1) is 12.2 Å². The van der Waals surface area contributed by atoms with Crippen LogP contribution in [-0.4, -0.2) is 46.7 Å². The predicted molar refractivity (Wildman–Crippen MR) is 57.6 cm³/mol. The normalized spacial score (nSPS) is 23.9. The van der Waals surface area contributed by atoms with Crippen LogP contribution in [0.5, 0.6) is 0 Å². The van der Waals surface area contributed by atoms with Crippen molar-refractivity contribution in [1.82, 2.24) is 15.0 Å². The molecule has 0 N–H and O–H groups in total. The zero-order valence-electron chi connectivity index (χ0n) is 9.09. The third kappa shape index (κ3) is 1.17. The molecule has 1 fully saturated rings. The largest absolute Gasteiger partial charge is 0.364 e. The van der Waals surface area contributed by atoms with E-state index in [2.05, 4.69) is 11.2 Å². The van der Waals surface area contributed by atoms with Crippen LogP contribution in [0.1, 0.15) is 12.5 Å². The third-order valence-electron chi connectivity index (χ3n) is 3.28. The number of aromatic nitrogens is 1. The first-order valence-corrected chi connectivity index (χ1v) is 5.46. The number of amides is 2. The Hall–Kier alpha value is -1.78. The number of fused-ring (bicyclic) bond motifs is 2. The molecule has 2 aliphatic rings. The van der Waals surface area contributed by atoms with Crippen LogP contribution in [0.25, 0.3) is 5.57 Å². The molecule has 16 heavy (non-hydrogen) atoms. The van der Waals surface area contributed by atoms with Gasteiger partial charge in [0.25, 0.3) is 0 Å². The number of carbonyl (C=O) groups excluding carboxylic acids is 1. The molecule has 3 rings (SSSR count). The standard InChI is InChI=1S/C11H13N3O2/c1-2-14-10-6-13(11(14)15)4-3-9(10)8-5-12-16-7-8/h3,5,7,10H,2,4,6H2,1H3. The van der Waals surface area contributed by atoms with Gasteiger partial charge in [-0.3, -0.25) is 0 Å². The Bertz CT molecular complexity index is 438. The minimum absolute atomic E-state index is 0.134. The molecule has 2 amide bonds. The molecule has 1 atom stereocenters. The van der Waals surface area contributed by atoms with Crippen molar-refractivity contribution < 1.29 is 9.32 Å². The van der Waals surface area contributed by atoms with Gasteiger partial charge in [0.2, 0.25) is 0 Å². The Labute approximate surface area is 93.3 Å². The van der Waals surface area contributed by atoms with Gasteiger partial charge in [-0.25, -0.2) is 4.79 Å². The molecule has 0 radical (unpaired) electrons. The number of urea groups is 1. The minimum Gasteiger partial charge on any atom is -0.364 e. The Kier molecular flexibility index (Phi) is 1.99. The summed E-state index contributed by atoms with van der Waals surface area (Å²) in [5.41, 5.74) is 2.14. The highest BCUT2D eigenvalue weighted by atomic mass is 16.5. The Balaban J connectivity index is 1.98. The van der Waals surface area contributed by atoms with Crippen LogP contribution < -0.4 is 0 Å². The van der Waals surface area contributed by atoms with Gasteiger partial charge < -0.3 is 14.3 Å². The Morgan fingerprint density at radius 1 is 1.62 bits per heavy atom. The lowest BCUT2D eigenvalue weighted by Crippen LogP contribution is -2.33. The van der Waals surface area contributed by atoms with Crippen molar-refractivity contribution >= 4 is 11.6 Å². The highest BCUT2D eigenvalue weighted by Gasteiger charge is 2.40. The van der Waals surface area contributed by atoms with Crippen LogP contribution >= 0.6 is 0 Å². The molecule has 0 aromatic carbocycles. The van der Waals surface area contributed by atoms with E-state index in [0.29, 0.717) is 6.54 Å². The fraction of sp³-hybridized carbons (Fsp3) is 0.455. The molecule has 0 spiro atoms. The summed E-state index contributed by atoms with van der Waals surface area (Å²) in [5.74, 6) is 0. The van der Waals surface area contributed by atoms with Crippen molar-refractivity contribution in [2.45, 2.75) is 13.0 Å². The van der Waals surface area contributed by atoms with Crippen LogP contribution in [0.4, 0.5) is 4.79 Å². The van der Waals surface area contributed by atoms with Gasteiger partial charge in [0.15, 0.2) is 0 Å². The second-order valence-electron chi connectivity index (χ2n) is 4.06. The average molecular weight is 219 g/mol. The van der Waals surface area contributed by atoms with Crippen molar-refractivity contribution in [1.29, 1.82) is 0 Å². The number of hydrogen-bond acceptors (Lipinski definition) is 3. The van der Waals surface area contributed by atoms with Gasteiger partial charge in [0, 0.05) is 25.2 Å². The molecule has 1 saturated heterocycles. The lowest BCUT2D eigenvalue weighted by atomic mass is 9.98. The van der Waals surface area contributed by atoms with E-state index in [-0.39, 0.29) is 12.1 Å². The van der Waals surface area contributed by atoms with Gasteiger partial charge in [0.1, 0.15) is 6.26 Å². The van der Waals surface area contributed by atoms with Crippen LogP contribution in [0.15, 0.2) is 23.1 Å². The molecule has 1 unspecified atom stereocenters. The summed E-state index contributed by atoms with van der Waals surface area (Å²) < 4.78 is 4.86. The fourth-order valence-electron chi connectivity index (χ4n) is 2.48. The summed E-state index contributed by atoms with van der Waals surface area (Å²) in [6.07, 6.45) is 5.44. The fourth-order valence-corrected chi connectivity index (χ4v) is 2.48.